The maximum Gasteiger partial charge on any atom is 0.420 e. The molecule has 2 N–H and O–H groups in total. The summed E-state index contributed by atoms with van der Waals surface area (Å²) in [5.74, 6) is 0. The summed E-state index contributed by atoms with van der Waals surface area (Å²) in [6, 6.07) is 0. The van der Waals surface area contributed by atoms with Gasteiger partial charge in [0.1, 0.15) is 10.6 Å². The van der Waals surface area contributed by atoms with Crippen LogP contribution in [0.4, 0.5) is 13.2 Å². The van der Waals surface area contributed by atoms with Crippen molar-refractivity contribution in [1.82, 2.24) is 19.1 Å². The molecule has 0 saturated heterocycles. The molecule has 0 aliphatic carbocycles. The Hall–Kier alpha value is -1.50. The number of halogens is 3. The molecule has 0 unspecified atom stereocenters. The number of alkyl halides is 3. The first-order chi connectivity index (χ1) is 11.1. The minimum Gasteiger partial charge on any atom is -0.325 e. The van der Waals surface area contributed by atoms with Crippen molar-refractivity contribution in [2.75, 3.05) is 6.54 Å². The number of rotatable bonds is 3. The van der Waals surface area contributed by atoms with Gasteiger partial charge in [0, 0.05) is 25.0 Å². The van der Waals surface area contributed by atoms with E-state index in [4.69, 9.17) is 5.73 Å². The smallest absolute Gasteiger partial charge is 0.325 e. The molecule has 24 heavy (non-hydrogen) atoms. The van der Waals surface area contributed by atoms with Crippen LogP contribution in [-0.4, -0.2) is 34.0 Å². The average molecular weight is 381 g/mol. The van der Waals surface area contributed by atoms with Crippen LogP contribution in [0.25, 0.3) is 0 Å². The molecule has 2 aromatic rings. The van der Waals surface area contributed by atoms with E-state index in [1.165, 1.54) is 18.4 Å². The molecule has 7 nitrogen and oxygen atoms in total. The molecule has 0 spiro atoms. The van der Waals surface area contributed by atoms with Gasteiger partial charge in [-0.05, 0) is 6.42 Å². The highest BCUT2D eigenvalue weighted by Gasteiger charge is 2.43. The largest absolute Gasteiger partial charge is 0.420 e. The van der Waals surface area contributed by atoms with Gasteiger partial charge < -0.3 is 5.73 Å². The number of aryl methyl sites for hydroxylation is 1. The first kappa shape index (κ1) is 17.3. The molecule has 2 aromatic heterocycles. The van der Waals surface area contributed by atoms with Crippen molar-refractivity contribution in [1.29, 1.82) is 0 Å². The van der Waals surface area contributed by atoms with Crippen LogP contribution in [0.2, 0.25) is 0 Å². The number of thiazole rings is 1. The summed E-state index contributed by atoms with van der Waals surface area (Å²) in [6.07, 6.45) is -3.88. The summed E-state index contributed by atoms with van der Waals surface area (Å²) >= 11 is 1.40. The van der Waals surface area contributed by atoms with E-state index in [9.17, 15) is 21.6 Å². The van der Waals surface area contributed by atoms with Crippen molar-refractivity contribution in [3.05, 3.63) is 27.3 Å². The van der Waals surface area contributed by atoms with E-state index in [2.05, 4.69) is 10.1 Å². The van der Waals surface area contributed by atoms with Crippen LogP contribution in [0.15, 0.2) is 11.2 Å². The van der Waals surface area contributed by atoms with Gasteiger partial charge in [0.15, 0.2) is 5.03 Å². The molecule has 132 valence electrons. The van der Waals surface area contributed by atoms with E-state index >= 15 is 0 Å². The van der Waals surface area contributed by atoms with Gasteiger partial charge in [-0.15, -0.1) is 11.3 Å². The van der Waals surface area contributed by atoms with Gasteiger partial charge in [0.2, 0.25) is 0 Å². The van der Waals surface area contributed by atoms with E-state index in [1.807, 2.05) is 0 Å². The second-order valence-electron chi connectivity index (χ2n) is 5.25. The van der Waals surface area contributed by atoms with Crippen molar-refractivity contribution in [3.63, 3.8) is 0 Å². The van der Waals surface area contributed by atoms with Gasteiger partial charge in [0.25, 0.3) is 10.0 Å². The van der Waals surface area contributed by atoms with Crippen LogP contribution in [0, 0.1) is 0 Å². The quantitative estimate of drug-likeness (QED) is 0.859. The summed E-state index contributed by atoms with van der Waals surface area (Å²) < 4.78 is 66.5. The van der Waals surface area contributed by atoms with Gasteiger partial charge in [-0.1, -0.05) is 0 Å². The molecule has 12 heteroatoms. The number of nitrogens with two attached hydrogens (primary N) is 1. The molecule has 0 fully saturated rings. The third-order valence-electron chi connectivity index (χ3n) is 3.69. The minimum atomic E-state index is -4.80. The first-order valence-electron chi connectivity index (χ1n) is 6.91. The maximum atomic E-state index is 13.1. The van der Waals surface area contributed by atoms with Crippen molar-refractivity contribution in [3.8, 4) is 0 Å². The Bertz CT molecular complexity index is 872. The Balaban J connectivity index is 2.00. The molecule has 3 heterocycles. The van der Waals surface area contributed by atoms with E-state index in [0.717, 1.165) is 13.9 Å². The van der Waals surface area contributed by atoms with Crippen LogP contribution < -0.4 is 5.73 Å². The fourth-order valence-corrected chi connectivity index (χ4v) is 5.21. The summed E-state index contributed by atoms with van der Waals surface area (Å²) in [5.41, 5.74) is 4.81. The second-order valence-corrected chi connectivity index (χ2v) is 8.28. The van der Waals surface area contributed by atoms with Gasteiger partial charge in [-0.3, -0.25) is 4.68 Å². The van der Waals surface area contributed by atoms with Gasteiger partial charge in [-0.2, -0.15) is 22.6 Å². The molecule has 0 amide bonds. The molecule has 3 rings (SSSR count). The molecule has 0 radical (unpaired) electrons. The zero-order valence-electron chi connectivity index (χ0n) is 12.5. The van der Waals surface area contributed by atoms with Crippen molar-refractivity contribution >= 4 is 21.4 Å². The number of fused-ring (bicyclic) bond motifs is 1. The lowest BCUT2D eigenvalue weighted by atomic mass is 10.2. The summed E-state index contributed by atoms with van der Waals surface area (Å²) in [7, 11) is -3.18. The van der Waals surface area contributed by atoms with E-state index in [-0.39, 0.29) is 19.6 Å². The lowest BCUT2D eigenvalue weighted by molar-refractivity contribution is -0.140. The summed E-state index contributed by atoms with van der Waals surface area (Å²) in [5, 5.41) is 3.29. The van der Waals surface area contributed by atoms with Gasteiger partial charge >= 0.3 is 6.18 Å². The second kappa shape index (κ2) is 5.79. The average Bonchev–Trinajstić information content (AvgIpc) is 3.08. The van der Waals surface area contributed by atoms with E-state index in [0.29, 0.717) is 23.3 Å². The third kappa shape index (κ3) is 2.83. The number of sulfonamides is 1. The van der Waals surface area contributed by atoms with Crippen LogP contribution in [0.1, 0.15) is 21.1 Å². The topological polar surface area (TPSA) is 94.1 Å². The SMILES string of the molecule is Cn1ncc(C(F)(F)F)c1S(=O)(=O)N1CCc2sc(CN)nc2C1. The first-order valence-corrected chi connectivity index (χ1v) is 9.17. The molecule has 0 aromatic carbocycles. The fourth-order valence-electron chi connectivity index (χ4n) is 2.57. The number of hydrogen-bond donors (Lipinski definition) is 1. The molecule has 0 saturated carbocycles. The van der Waals surface area contributed by atoms with Crippen LogP contribution in [-0.2, 0) is 42.8 Å². The monoisotopic (exact) mass is 381 g/mol. The highest BCUT2D eigenvalue weighted by molar-refractivity contribution is 7.89. The zero-order valence-corrected chi connectivity index (χ0v) is 14.2. The lowest BCUT2D eigenvalue weighted by Crippen LogP contribution is -2.37. The standard InChI is InChI=1S/C12H14F3N5O2S2/c1-19-11(7(5-17-19)12(13,14)15)24(21,22)20-3-2-9-8(6-20)18-10(4-16)23-9/h5H,2-4,6,16H2,1H3. The van der Waals surface area contributed by atoms with Crippen molar-refractivity contribution in [2.24, 2.45) is 12.8 Å². The molecular formula is C12H14F3N5O2S2. The molecule has 0 atom stereocenters. The minimum absolute atomic E-state index is 0.0728. The Labute approximate surface area is 139 Å². The van der Waals surface area contributed by atoms with Crippen LogP contribution in [0.3, 0.4) is 0 Å². The highest BCUT2D eigenvalue weighted by atomic mass is 32.2. The number of nitrogens with zero attached hydrogens (tertiary/aromatic N) is 4. The summed E-state index contributed by atoms with van der Waals surface area (Å²) in [6.45, 7) is 0.255. The predicted molar refractivity (Wildman–Crippen MR) is 79.5 cm³/mol. The normalized spacial score (nSPS) is 16.4. The van der Waals surface area contributed by atoms with Gasteiger partial charge in [0.05, 0.1) is 18.4 Å². The molecule has 1 aliphatic rings. The van der Waals surface area contributed by atoms with Crippen molar-refractivity contribution in [2.45, 2.75) is 30.7 Å². The highest BCUT2D eigenvalue weighted by Crippen LogP contribution is 2.36. The predicted octanol–water partition coefficient (Wildman–Crippen LogP) is 1.10. The Morgan fingerprint density at radius 3 is 2.75 bits per heavy atom. The number of aromatic nitrogens is 3. The zero-order chi connectivity index (χ0) is 17.7. The summed E-state index contributed by atoms with van der Waals surface area (Å²) in [4.78, 5) is 5.17. The maximum absolute atomic E-state index is 13.1. The van der Waals surface area contributed by atoms with E-state index < -0.39 is 26.8 Å². The molecular weight excluding hydrogens is 367 g/mol. The van der Waals surface area contributed by atoms with Gasteiger partial charge in [-0.25, -0.2) is 13.4 Å². The Morgan fingerprint density at radius 2 is 2.12 bits per heavy atom. The molecule has 0 bridgehead atoms. The van der Waals surface area contributed by atoms with E-state index in [1.54, 1.807) is 0 Å². The fraction of sp³-hybridized carbons (Fsp3) is 0.500. The molecule has 1 aliphatic heterocycles. The van der Waals surface area contributed by atoms with Crippen molar-refractivity contribution < 1.29 is 21.6 Å². The van der Waals surface area contributed by atoms with Crippen LogP contribution in [0.5, 0.6) is 0 Å². The third-order valence-corrected chi connectivity index (χ3v) is 6.83. The number of hydrogen-bond acceptors (Lipinski definition) is 6. The Morgan fingerprint density at radius 1 is 1.42 bits per heavy atom. The lowest BCUT2D eigenvalue weighted by Gasteiger charge is -2.25. The Kier molecular flexibility index (Phi) is 4.18. The van der Waals surface area contributed by atoms with Crippen LogP contribution >= 0.6 is 11.3 Å².